The van der Waals surface area contributed by atoms with E-state index >= 15 is 0 Å². The van der Waals surface area contributed by atoms with E-state index in [0.29, 0.717) is 46.2 Å². The summed E-state index contributed by atoms with van der Waals surface area (Å²) in [6, 6.07) is 15.7. The van der Waals surface area contributed by atoms with Crippen LogP contribution in [0.15, 0.2) is 54.6 Å². The molecule has 174 valence electrons. The van der Waals surface area contributed by atoms with E-state index < -0.39 is 0 Å². The predicted octanol–water partition coefficient (Wildman–Crippen LogP) is 3.26. The highest BCUT2D eigenvalue weighted by Crippen LogP contribution is 2.26. The lowest BCUT2D eigenvalue weighted by molar-refractivity contribution is -0.116. The van der Waals surface area contributed by atoms with Gasteiger partial charge >= 0.3 is 0 Å². The lowest BCUT2D eigenvalue weighted by Gasteiger charge is -2.10. The van der Waals surface area contributed by atoms with Gasteiger partial charge in [0.15, 0.2) is 0 Å². The van der Waals surface area contributed by atoms with E-state index in [9.17, 15) is 19.2 Å². The van der Waals surface area contributed by atoms with Crippen molar-refractivity contribution in [3.8, 4) is 0 Å². The standard InChI is InChI=1S/C24H23N5O4S/c30-19(13-5-2-8-14-25-21(31)16-9-3-1-4-10-16)26-24-28-27-20(34-24)15-29-22(32)17-11-6-7-12-18(17)23(29)33/h1,3-4,6-7,9-12H,2,5,8,13-15H2,(H,25,31)(H,26,28,30). The zero-order valence-corrected chi connectivity index (χ0v) is 19.1. The second-order valence-corrected chi connectivity index (χ2v) is 8.79. The van der Waals surface area contributed by atoms with E-state index in [4.69, 9.17) is 0 Å². The maximum Gasteiger partial charge on any atom is 0.261 e. The summed E-state index contributed by atoms with van der Waals surface area (Å²) in [4.78, 5) is 50.2. The van der Waals surface area contributed by atoms with E-state index in [1.165, 1.54) is 0 Å². The Hall–Kier alpha value is -3.92. The Morgan fingerprint density at radius 1 is 0.853 bits per heavy atom. The third kappa shape index (κ3) is 5.52. The van der Waals surface area contributed by atoms with Gasteiger partial charge in [0.05, 0.1) is 17.7 Å². The molecule has 10 heteroatoms. The number of carbonyl (C=O) groups excluding carboxylic acids is 4. The van der Waals surface area contributed by atoms with Crippen LogP contribution >= 0.6 is 11.3 Å². The van der Waals surface area contributed by atoms with Crippen LogP contribution in [0, 0.1) is 0 Å². The second-order valence-electron chi connectivity index (χ2n) is 7.72. The van der Waals surface area contributed by atoms with E-state index in [1.807, 2.05) is 18.2 Å². The largest absolute Gasteiger partial charge is 0.352 e. The number of carbonyl (C=O) groups is 4. The van der Waals surface area contributed by atoms with Crippen molar-refractivity contribution in [1.29, 1.82) is 0 Å². The molecule has 4 amide bonds. The van der Waals surface area contributed by atoms with Crippen LogP contribution < -0.4 is 10.6 Å². The molecule has 2 N–H and O–H groups in total. The van der Waals surface area contributed by atoms with Gasteiger partial charge in [-0.2, -0.15) is 0 Å². The smallest absolute Gasteiger partial charge is 0.261 e. The SMILES string of the molecule is O=C(CCCCCNC(=O)c1ccccc1)Nc1nnc(CN2C(=O)c3ccccc3C2=O)s1. The summed E-state index contributed by atoms with van der Waals surface area (Å²) in [6.07, 6.45) is 2.56. The van der Waals surface area contributed by atoms with Gasteiger partial charge in [-0.05, 0) is 37.1 Å². The zero-order chi connectivity index (χ0) is 23.9. The van der Waals surface area contributed by atoms with Crippen molar-refractivity contribution in [2.45, 2.75) is 32.2 Å². The van der Waals surface area contributed by atoms with Crippen molar-refractivity contribution in [3.63, 3.8) is 0 Å². The average Bonchev–Trinajstić information content (AvgIpc) is 3.39. The number of nitrogens with one attached hydrogen (secondary N) is 2. The van der Waals surface area contributed by atoms with E-state index in [2.05, 4.69) is 20.8 Å². The van der Waals surface area contributed by atoms with Crippen LogP contribution in [0.5, 0.6) is 0 Å². The monoisotopic (exact) mass is 477 g/mol. The van der Waals surface area contributed by atoms with Crippen molar-refractivity contribution in [1.82, 2.24) is 20.4 Å². The van der Waals surface area contributed by atoms with E-state index in [-0.39, 0.29) is 30.2 Å². The highest BCUT2D eigenvalue weighted by molar-refractivity contribution is 7.15. The number of benzene rings is 2. The first-order chi connectivity index (χ1) is 16.5. The summed E-state index contributed by atoms with van der Waals surface area (Å²) in [6.45, 7) is 0.557. The van der Waals surface area contributed by atoms with Gasteiger partial charge in [0, 0.05) is 18.5 Å². The topological polar surface area (TPSA) is 121 Å². The Bertz CT molecular complexity index is 1180. The van der Waals surface area contributed by atoms with Crippen molar-refractivity contribution in [3.05, 3.63) is 76.3 Å². The number of anilines is 1. The van der Waals surface area contributed by atoms with Gasteiger partial charge in [0.2, 0.25) is 11.0 Å². The molecular formula is C24H23N5O4S. The molecule has 2 heterocycles. The minimum absolute atomic E-state index is 0.00852. The second kappa shape index (κ2) is 10.8. The molecule has 3 aromatic rings. The van der Waals surface area contributed by atoms with Gasteiger partial charge in [0.25, 0.3) is 17.7 Å². The van der Waals surface area contributed by atoms with Gasteiger partial charge in [-0.3, -0.25) is 24.1 Å². The molecule has 34 heavy (non-hydrogen) atoms. The molecule has 9 nitrogen and oxygen atoms in total. The fraction of sp³-hybridized carbons (Fsp3) is 0.250. The van der Waals surface area contributed by atoms with Crippen LogP contribution in [0.1, 0.15) is 61.8 Å². The average molecular weight is 478 g/mol. The molecule has 0 bridgehead atoms. The Labute approximate surface area is 200 Å². The Morgan fingerprint density at radius 2 is 1.53 bits per heavy atom. The number of rotatable bonds is 10. The lowest BCUT2D eigenvalue weighted by Crippen LogP contribution is -2.29. The number of hydrogen-bond acceptors (Lipinski definition) is 7. The van der Waals surface area contributed by atoms with Gasteiger partial charge < -0.3 is 10.6 Å². The number of unbranched alkanes of at least 4 members (excludes halogenated alkanes) is 2. The molecule has 0 unspecified atom stereocenters. The third-order valence-corrected chi connectivity index (χ3v) is 6.11. The molecule has 0 fully saturated rings. The maximum atomic E-state index is 12.5. The fourth-order valence-electron chi connectivity index (χ4n) is 3.55. The Kier molecular flexibility index (Phi) is 7.38. The van der Waals surface area contributed by atoms with Crippen LogP contribution in [-0.4, -0.2) is 45.3 Å². The van der Waals surface area contributed by atoms with Crippen LogP contribution in [0.4, 0.5) is 5.13 Å². The molecule has 0 atom stereocenters. The van der Waals surface area contributed by atoms with Gasteiger partial charge in [-0.15, -0.1) is 10.2 Å². The summed E-state index contributed by atoms with van der Waals surface area (Å²) in [5, 5.41) is 14.3. The summed E-state index contributed by atoms with van der Waals surface area (Å²) in [7, 11) is 0. The first-order valence-electron chi connectivity index (χ1n) is 10.9. The van der Waals surface area contributed by atoms with Crippen LogP contribution in [-0.2, 0) is 11.3 Å². The molecule has 0 saturated carbocycles. The van der Waals surface area contributed by atoms with Gasteiger partial charge in [-0.25, -0.2) is 0 Å². The number of aromatic nitrogens is 2. The first-order valence-corrected chi connectivity index (χ1v) is 11.8. The van der Waals surface area contributed by atoms with Gasteiger partial charge in [0.1, 0.15) is 5.01 Å². The number of nitrogens with zero attached hydrogens (tertiary/aromatic N) is 3. The van der Waals surface area contributed by atoms with Crippen molar-refractivity contribution >= 4 is 40.1 Å². The summed E-state index contributed by atoms with van der Waals surface area (Å²) < 4.78 is 0. The van der Waals surface area contributed by atoms with Crippen LogP contribution in [0.25, 0.3) is 0 Å². The minimum atomic E-state index is -0.360. The Balaban J connectivity index is 1.15. The quantitative estimate of drug-likeness (QED) is 0.341. The minimum Gasteiger partial charge on any atom is -0.352 e. The molecule has 1 aliphatic heterocycles. The van der Waals surface area contributed by atoms with Crippen LogP contribution in [0.2, 0.25) is 0 Å². The van der Waals surface area contributed by atoms with Crippen molar-refractivity contribution < 1.29 is 19.2 Å². The fourth-order valence-corrected chi connectivity index (χ4v) is 4.29. The molecule has 1 aliphatic rings. The normalized spacial score (nSPS) is 12.5. The number of imide groups is 1. The highest BCUT2D eigenvalue weighted by atomic mass is 32.1. The summed E-state index contributed by atoms with van der Waals surface area (Å²) in [5.41, 5.74) is 1.39. The molecular weight excluding hydrogens is 454 g/mol. The molecule has 0 saturated heterocycles. The molecule has 2 aromatic carbocycles. The molecule has 0 spiro atoms. The molecule has 1 aromatic heterocycles. The van der Waals surface area contributed by atoms with Crippen molar-refractivity contribution in [2.75, 3.05) is 11.9 Å². The zero-order valence-electron chi connectivity index (χ0n) is 18.3. The number of amides is 4. The van der Waals surface area contributed by atoms with Crippen LogP contribution in [0.3, 0.4) is 0 Å². The first kappa shape index (κ1) is 23.2. The predicted molar refractivity (Wildman–Crippen MR) is 126 cm³/mol. The third-order valence-electron chi connectivity index (χ3n) is 5.29. The molecule has 4 rings (SSSR count). The highest BCUT2D eigenvalue weighted by Gasteiger charge is 2.35. The van der Waals surface area contributed by atoms with E-state index in [1.54, 1.807) is 36.4 Å². The Morgan fingerprint density at radius 3 is 2.24 bits per heavy atom. The lowest BCUT2D eigenvalue weighted by atomic mass is 10.1. The summed E-state index contributed by atoms with van der Waals surface area (Å²) in [5.74, 6) is -1.01. The molecule has 0 aliphatic carbocycles. The number of hydrogen-bond donors (Lipinski definition) is 2. The summed E-state index contributed by atoms with van der Waals surface area (Å²) >= 11 is 1.13. The van der Waals surface area contributed by atoms with Crippen molar-refractivity contribution in [2.24, 2.45) is 0 Å². The number of fused-ring (bicyclic) bond motifs is 1. The maximum absolute atomic E-state index is 12.5. The van der Waals surface area contributed by atoms with E-state index in [0.717, 1.165) is 29.1 Å². The molecule has 0 radical (unpaired) electrons. The van der Waals surface area contributed by atoms with Gasteiger partial charge in [-0.1, -0.05) is 48.1 Å².